The number of aryl methyl sites for hydroxylation is 1. The van der Waals surface area contributed by atoms with Gasteiger partial charge >= 0.3 is 12.0 Å². The Kier molecular flexibility index (Phi) is 4.86. The summed E-state index contributed by atoms with van der Waals surface area (Å²) in [6.45, 7) is 0.0422. The number of urea groups is 1. The number of aromatic nitrogens is 2. The fourth-order valence-corrected chi connectivity index (χ4v) is 1.36. The van der Waals surface area contributed by atoms with Crippen LogP contribution in [0.2, 0.25) is 0 Å². The highest BCUT2D eigenvalue weighted by Crippen LogP contribution is 2.11. The molecule has 3 amide bonds. The molecule has 0 saturated heterocycles. The number of rotatable bonds is 6. The number of aliphatic carboxylic acids is 1. The highest BCUT2D eigenvalue weighted by Gasteiger charge is 2.23. The number of nitrogens with one attached hydrogen (secondary N) is 2. The number of hydrogen-bond acceptors (Lipinski definition) is 4. The van der Waals surface area contributed by atoms with E-state index in [1.165, 1.54) is 17.1 Å². The summed E-state index contributed by atoms with van der Waals surface area (Å²) in [4.78, 5) is 33.0. The Hall–Kier alpha value is -2.58. The van der Waals surface area contributed by atoms with Gasteiger partial charge in [-0.1, -0.05) is 0 Å². The molecule has 104 valence electrons. The lowest BCUT2D eigenvalue weighted by molar-refractivity contribution is -0.139. The predicted octanol–water partition coefficient (Wildman–Crippen LogP) is -1.28. The van der Waals surface area contributed by atoms with Gasteiger partial charge in [-0.25, -0.2) is 9.59 Å². The van der Waals surface area contributed by atoms with Gasteiger partial charge in [0.1, 0.15) is 0 Å². The standard InChI is InChI=1S/C10H15N5O4/c1-15-5-6(4-13-15)8(9(17)18)14-10(19)12-3-2-7(11)16/h4-5,8H,2-3H2,1H3,(H2,11,16)(H,17,18)(H2,12,14,19). The number of carbonyl (C=O) groups is 3. The minimum Gasteiger partial charge on any atom is -0.479 e. The number of nitrogens with two attached hydrogens (primary N) is 1. The Morgan fingerprint density at radius 3 is 2.68 bits per heavy atom. The molecule has 0 fully saturated rings. The first kappa shape index (κ1) is 14.5. The minimum absolute atomic E-state index is 0.0158. The van der Waals surface area contributed by atoms with Crippen molar-refractivity contribution in [3.05, 3.63) is 18.0 Å². The van der Waals surface area contributed by atoms with Crippen molar-refractivity contribution in [1.82, 2.24) is 20.4 Å². The van der Waals surface area contributed by atoms with E-state index < -0.39 is 23.9 Å². The van der Waals surface area contributed by atoms with Crippen LogP contribution in [-0.2, 0) is 16.6 Å². The molecule has 0 aliphatic heterocycles. The van der Waals surface area contributed by atoms with Crippen molar-refractivity contribution in [1.29, 1.82) is 0 Å². The van der Waals surface area contributed by atoms with Crippen LogP contribution < -0.4 is 16.4 Å². The van der Waals surface area contributed by atoms with E-state index in [1.807, 2.05) is 0 Å². The Morgan fingerprint density at radius 2 is 2.21 bits per heavy atom. The molecule has 1 aromatic rings. The number of hydrogen-bond donors (Lipinski definition) is 4. The van der Waals surface area contributed by atoms with Gasteiger partial charge in [-0.2, -0.15) is 5.10 Å². The smallest absolute Gasteiger partial charge is 0.331 e. The molecule has 9 heteroatoms. The fourth-order valence-electron chi connectivity index (χ4n) is 1.36. The summed E-state index contributed by atoms with van der Waals surface area (Å²) < 4.78 is 1.43. The van der Waals surface area contributed by atoms with Crippen LogP contribution in [0.15, 0.2) is 12.4 Å². The van der Waals surface area contributed by atoms with Gasteiger partial charge in [-0.05, 0) is 0 Å². The average molecular weight is 269 g/mol. The lowest BCUT2D eigenvalue weighted by atomic mass is 10.1. The minimum atomic E-state index is -1.21. The molecule has 1 atom stereocenters. The Bertz CT molecular complexity index is 484. The first-order valence-corrected chi connectivity index (χ1v) is 5.44. The number of amides is 3. The van der Waals surface area contributed by atoms with E-state index in [0.29, 0.717) is 5.56 Å². The highest BCUT2D eigenvalue weighted by atomic mass is 16.4. The molecule has 0 aromatic carbocycles. The molecule has 0 aliphatic carbocycles. The van der Waals surface area contributed by atoms with Crippen molar-refractivity contribution in [2.45, 2.75) is 12.5 Å². The summed E-state index contributed by atoms with van der Waals surface area (Å²) in [6, 6.07) is -1.90. The molecule has 0 aliphatic rings. The Labute approximate surface area is 108 Å². The van der Waals surface area contributed by atoms with Gasteiger partial charge in [0.25, 0.3) is 0 Å². The zero-order valence-corrected chi connectivity index (χ0v) is 10.3. The maximum atomic E-state index is 11.5. The first-order valence-electron chi connectivity index (χ1n) is 5.44. The van der Waals surface area contributed by atoms with Crippen LogP contribution in [0.4, 0.5) is 4.79 Å². The quantitative estimate of drug-likeness (QED) is 0.509. The van der Waals surface area contributed by atoms with Crippen LogP contribution in [0.3, 0.4) is 0 Å². The molecule has 0 saturated carbocycles. The number of carbonyl (C=O) groups excluding carboxylic acids is 2. The van der Waals surface area contributed by atoms with E-state index in [1.54, 1.807) is 7.05 Å². The SMILES string of the molecule is Cn1cc(C(NC(=O)NCCC(N)=O)C(=O)O)cn1. The zero-order chi connectivity index (χ0) is 14.4. The van der Waals surface area contributed by atoms with Gasteiger partial charge in [-0.15, -0.1) is 0 Å². The summed E-state index contributed by atoms with van der Waals surface area (Å²) in [5, 5.41) is 17.5. The van der Waals surface area contributed by atoms with Crippen molar-refractivity contribution in [2.24, 2.45) is 12.8 Å². The summed E-state index contributed by atoms with van der Waals surface area (Å²) in [5.41, 5.74) is 5.25. The van der Waals surface area contributed by atoms with E-state index in [-0.39, 0.29) is 13.0 Å². The van der Waals surface area contributed by atoms with E-state index in [9.17, 15) is 14.4 Å². The number of nitrogens with zero attached hydrogens (tertiary/aromatic N) is 2. The maximum Gasteiger partial charge on any atom is 0.331 e. The number of carboxylic acid groups (broad SMARTS) is 1. The van der Waals surface area contributed by atoms with Crippen molar-refractivity contribution >= 4 is 17.9 Å². The average Bonchev–Trinajstić information content (AvgIpc) is 2.71. The third-order valence-corrected chi connectivity index (χ3v) is 2.24. The van der Waals surface area contributed by atoms with Crippen LogP contribution in [0.5, 0.6) is 0 Å². The summed E-state index contributed by atoms with van der Waals surface area (Å²) in [5.74, 6) is -1.76. The van der Waals surface area contributed by atoms with Gasteiger partial charge < -0.3 is 21.5 Å². The Balaban J connectivity index is 2.57. The first-order chi connectivity index (χ1) is 8.90. The molecule has 1 rings (SSSR count). The topological polar surface area (TPSA) is 139 Å². The fraction of sp³-hybridized carbons (Fsp3) is 0.400. The summed E-state index contributed by atoms with van der Waals surface area (Å²) in [7, 11) is 1.63. The largest absolute Gasteiger partial charge is 0.479 e. The van der Waals surface area contributed by atoms with Crippen LogP contribution >= 0.6 is 0 Å². The van der Waals surface area contributed by atoms with Gasteiger partial charge in [0.15, 0.2) is 6.04 Å². The van der Waals surface area contributed by atoms with E-state index in [0.717, 1.165) is 0 Å². The molecule has 1 aromatic heterocycles. The van der Waals surface area contributed by atoms with Crippen molar-refractivity contribution in [3.8, 4) is 0 Å². The molecule has 19 heavy (non-hydrogen) atoms. The summed E-state index contributed by atoms with van der Waals surface area (Å²) in [6.07, 6.45) is 2.82. The molecule has 0 bridgehead atoms. The van der Waals surface area contributed by atoms with Crippen LogP contribution in [0.25, 0.3) is 0 Å². The third kappa shape index (κ3) is 4.66. The van der Waals surface area contributed by atoms with E-state index >= 15 is 0 Å². The molecular weight excluding hydrogens is 254 g/mol. The molecule has 9 nitrogen and oxygen atoms in total. The number of carboxylic acids is 1. The predicted molar refractivity (Wildman–Crippen MR) is 63.9 cm³/mol. The summed E-state index contributed by atoms with van der Waals surface area (Å²) >= 11 is 0. The molecule has 0 spiro atoms. The van der Waals surface area contributed by atoms with Crippen LogP contribution in [0.1, 0.15) is 18.0 Å². The lowest BCUT2D eigenvalue weighted by Gasteiger charge is -2.13. The second-order valence-electron chi connectivity index (χ2n) is 3.84. The van der Waals surface area contributed by atoms with Crippen molar-refractivity contribution < 1.29 is 19.5 Å². The third-order valence-electron chi connectivity index (χ3n) is 2.24. The zero-order valence-electron chi connectivity index (χ0n) is 10.3. The maximum absolute atomic E-state index is 11.5. The number of primary amides is 1. The van der Waals surface area contributed by atoms with Crippen molar-refractivity contribution in [2.75, 3.05) is 6.54 Å². The monoisotopic (exact) mass is 269 g/mol. The normalized spacial score (nSPS) is 11.6. The van der Waals surface area contributed by atoms with Gasteiger partial charge in [0.05, 0.1) is 6.20 Å². The van der Waals surface area contributed by atoms with E-state index in [2.05, 4.69) is 15.7 Å². The highest BCUT2D eigenvalue weighted by molar-refractivity contribution is 5.83. The second kappa shape index (κ2) is 6.38. The Morgan fingerprint density at radius 1 is 1.53 bits per heavy atom. The molecule has 5 N–H and O–H groups in total. The molecule has 1 unspecified atom stereocenters. The van der Waals surface area contributed by atoms with E-state index in [4.69, 9.17) is 10.8 Å². The van der Waals surface area contributed by atoms with Crippen LogP contribution in [-0.4, -0.2) is 39.3 Å². The molecular formula is C10H15N5O4. The van der Waals surface area contributed by atoms with Crippen LogP contribution in [0, 0.1) is 0 Å². The molecule has 1 heterocycles. The van der Waals surface area contributed by atoms with Gasteiger partial charge in [0, 0.05) is 31.8 Å². The molecule has 0 radical (unpaired) electrons. The second-order valence-corrected chi connectivity index (χ2v) is 3.84. The lowest BCUT2D eigenvalue weighted by Crippen LogP contribution is -2.41. The van der Waals surface area contributed by atoms with Gasteiger partial charge in [0.2, 0.25) is 5.91 Å². The van der Waals surface area contributed by atoms with Crippen molar-refractivity contribution in [3.63, 3.8) is 0 Å². The van der Waals surface area contributed by atoms with Gasteiger partial charge in [-0.3, -0.25) is 9.48 Å².